The third-order valence-electron chi connectivity index (χ3n) is 4.29. The molecule has 3 rings (SSSR count). The monoisotopic (exact) mass is 402 g/mol. The first-order valence-corrected chi connectivity index (χ1v) is 8.83. The normalized spacial score (nSPS) is 14.7. The molecule has 0 saturated carbocycles. The number of esters is 1. The molecule has 2 heterocycles. The zero-order valence-electron chi connectivity index (χ0n) is 14.2. The van der Waals surface area contributed by atoms with E-state index in [0.29, 0.717) is 13.1 Å². The van der Waals surface area contributed by atoms with Crippen LogP contribution in [0.5, 0.6) is 5.75 Å². The number of carbonyl (C=O) groups excluding carboxylic acids is 1. The van der Waals surface area contributed by atoms with E-state index in [9.17, 15) is 14.0 Å². The van der Waals surface area contributed by atoms with E-state index in [1.54, 1.807) is 4.68 Å². The Labute approximate surface area is 159 Å². The van der Waals surface area contributed by atoms with Gasteiger partial charge >= 0.3 is 5.97 Å². The average Bonchev–Trinajstić information content (AvgIpc) is 2.88. The van der Waals surface area contributed by atoms with E-state index in [-0.39, 0.29) is 32.6 Å². The summed E-state index contributed by atoms with van der Waals surface area (Å²) >= 11 is 12.4. The van der Waals surface area contributed by atoms with Gasteiger partial charge in [0.05, 0.1) is 17.7 Å². The first-order chi connectivity index (χ1) is 12.3. The van der Waals surface area contributed by atoms with Gasteiger partial charge in [-0.3, -0.25) is 9.48 Å². The van der Waals surface area contributed by atoms with Crippen molar-refractivity contribution in [1.29, 1.82) is 0 Å². The lowest BCUT2D eigenvalue weighted by Crippen LogP contribution is -2.27. The van der Waals surface area contributed by atoms with Crippen LogP contribution in [0.3, 0.4) is 0 Å². The molecule has 1 aromatic carbocycles. The summed E-state index contributed by atoms with van der Waals surface area (Å²) in [7, 11) is 1.23. The van der Waals surface area contributed by atoms with Gasteiger partial charge in [-0.15, -0.1) is 0 Å². The van der Waals surface area contributed by atoms with Crippen LogP contribution in [-0.4, -0.2) is 28.5 Å². The number of methoxy groups -OCH3 is 1. The van der Waals surface area contributed by atoms with Crippen molar-refractivity contribution in [3.63, 3.8) is 0 Å². The van der Waals surface area contributed by atoms with Crippen LogP contribution < -0.4 is 10.3 Å². The van der Waals surface area contributed by atoms with Crippen molar-refractivity contribution >= 4 is 29.2 Å². The standard InChI is InChI=1S/C17H17Cl2FN2O4/c1-9(17(24)25-2)26-13-7-10(12(20)8-11(13)18)14-15(19)21-5-3-4-6-22(21)16(14)23/h7-9H,3-6H2,1-2H3. The SMILES string of the molecule is COC(=O)C(C)Oc1cc(-c2c(Cl)n3n(c2=O)CCCC3)c(F)cc1Cl. The highest BCUT2D eigenvalue weighted by Gasteiger charge is 2.26. The van der Waals surface area contributed by atoms with Crippen molar-refractivity contribution < 1.29 is 18.7 Å². The van der Waals surface area contributed by atoms with E-state index in [1.165, 1.54) is 24.8 Å². The summed E-state index contributed by atoms with van der Waals surface area (Å²) in [6, 6.07) is 2.32. The first kappa shape index (κ1) is 18.8. The Hall–Kier alpha value is -1.99. The van der Waals surface area contributed by atoms with Crippen LogP contribution in [0.2, 0.25) is 10.2 Å². The van der Waals surface area contributed by atoms with Gasteiger partial charge in [0.2, 0.25) is 0 Å². The van der Waals surface area contributed by atoms with E-state index in [1.807, 2.05) is 0 Å². The summed E-state index contributed by atoms with van der Waals surface area (Å²) in [5, 5.41) is 0.144. The van der Waals surface area contributed by atoms with Crippen LogP contribution in [0.1, 0.15) is 19.8 Å². The molecule has 1 atom stereocenters. The number of hydrogen-bond donors (Lipinski definition) is 0. The summed E-state index contributed by atoms with van der Waals surface area (Å²) < 4.78 is 27.8. The topological polar surface area (TPSA) is 62.5 Å². The number of rotatable bonds is 4. The van der Waals surface area contributed by atoms with Gasteiger partial charge in [0.15, 0.2) is 6.10 Å². The molecule has 9 heteroatoms. The molecule has 0 spiro atoms. The van der Waals surface area contributed by atoms with E-state index < -0.39 is 17.9 Å². The third-order valence-corrected chi connectivity index (χ3v) is 4.97. The maximum absolute atomic E-state index is 14.6. The molecule has 2 aromatic rings. The van der Waals surface area contributed by atoms with Gasteiger partial charge in [-0.1, -0.05) is 23.2 Å². The van der Waals surface area contributed by atoms with E-state index in [4.69, 9.17) is 27.9 Å². The number of nitrogens with zero attached hydrogens (tertiary/aromatic N) is 2. The fourth-order valence-electron chi connectivity index (χ4n) is 2.97. The highest BCUT2D eigenvalue weighted by Crippen LogP contribution is 2.36. The Morgan fingerprint density at radius 3 is 2.50 bits per heavy atom. The predicted octanol–water partition coefficient (Wildman–Crippen LogP) is 3.50. The van der Waals surface area contributed by atoms with Crippen molar-refractivity contribution in [2.75, 3.05) is 7.11 Å². The number of ether oxygens (including phenoxy) is 2. The fraction of sp³-hybridized carbons (Fsp3) is 0.412. The van der Waals surface area contributed by atoms with Crippen molar-refractivity contribution in [3.05, 3.63) is 38.5 Å². The van der Waals surface area contributed by atoms with Gasteiger partial charge in [-0.05, 0) is 31.9 Å². The molecule has 1 aliphatic rings. The summed E-state index contributed by atoms with van der Waals surface area (Å²) in [5.41, 5.74) is -0.341. The zero-order chi connectivity index (χ0) is 19.0. The third kappa shape index (κ3) is 3.21. The van der Waals surface area contributed by atoms with Gasteiger partial charge in [0, 0.05) is 18.7 Å². The molecule has 1 aliphatic heterocycles. The number of benzene rings is 1. The summed E-state index contributed by atoms with van der Waals surface area (Å²) in [6.45, 7) is 2.59. The second-order valence-electron chi connectivity index (χ2n) is 5.97. The minimum atomic E-state index is -0.949. The Morgan fingerprint density at radius 2 is 1.88 bits per heavy atom. The zero-order valence-corrected chi connectivity index (χ0v) is 15.7. The average molecular weight is 403 g/mol. The van der Waals surface area contributed by atoms with Gasteiger partial charge < -0.3 is 9.47 Å². The molecular formula is C17H17Cl2FN2O4. The molecule has 0 bridgehead atoms. The van der Waals surface area contributed by atoms with Crippen molar-refractivity contribution in [2.45, 2.75) is 39.0 Å². The second kappa shape index (κ2) is 7.32. The minimum absolute atomic E-state index is 0.0223. The Morgan fingerprint density at radius 1 is 1.23 bits per heavy atom. The molecule has 0 fully saturated rings. The maximum atomic E-state index is 14.6. The van der Waals surface area contributed by atoms with Gasteiger partial charge in [0.25, 0.3) is 5.56 Å². The number of hydrogen-bond acceptors (Lipinski definition) is 4. The number of halogens is 3. The molecular weight excluding hydrogens is 386 g/mol. The molecule has 6 nitrogen and oxygen atoms in total. The Bertz CT molecular complexity index is 922. The highest BCUT2D eigenvalue weighted by molar-refractivity contribution is 6.33. The summed E-state index contributed by atoms with van der Waals surface area (Å²) in [6.07, 6.45) is 0.796. The van der Waals surface area contributed by atoms with Crippen molar-refractivity contribution in [1.82, 2.24) is 9.36 Å². The largest absolute Gasteiger partial charge is 0.477 e. The van der Waals surface area contributed by atoms with Gasteiger partial charge in [-0.2, -0.15) is 0 Å². The molecule has 0 amide bonds. The van der Waals surface area contributed by atoms with Crippen molar-refractivity contribution in [2.24, 2.45) is 0 Å². The van der Waals surface area contributed by atoms with Crippen LogP contribution in [-0.2, 0) is 22.6 Å². The number of aromatic nitrogens is 2. The van der Waals surface area contributed by atoms with Crippen LogP contribution in [0.25, 0.3) is 11.1 Å². The lowest BCUT2D eigenvalue weighted by molar-refractivity contribution is -0.147. The smallest absolute Gasteiger partial charge is 0.346 e. The van der Waals surface area contributed by atoms with Gasteiger partial charge in [0.1, 0.15) is 16.7 Å². The Balaban J connectivity index is 2.09. The quantitative estimate of drug-likeness (QED) is 0.734. The molecule has 0 saturated heterocycles. The highest BCUT2D eigenvalue weighted by atomic mass is 35.5. The first-order valence-electron chi connectivity index (χ1n) is 8.08. The number of fused-ring (bicyclic) bond motifs is 1. The van der Waals surface area contributed by atoms with E-state index in [0.717, 1.165) is 18.9 Å². The summed E-state index contributed by atoms with van der Waals surface area (Å²) in [4.78, 5) is 24.3. The van der Waals surface area contributed by atoms with Crippen molar-refractivity contribution in [3.8, 4) is 16.9 Å². The van der Waals surface area contributed by atoms with Crippen LogP contribution in [0.4, 0.5) is 4.39 Å². The summed E-state index contributed by atoms with van der Waals surface area (Å²) in [5.74, 6) is -1.24. The fourth-order valence-corrected chi connectivity index (χ4v) is 3.52. The van der Waals surface area contributed by atoms with E-state index in [2.05, 4.69) is 4.74 Å². The molecule has 0 aliphatic carbocycles. The lowest BCUT2D eigenvalue weighted by Gasteiger charge is -2.17. The number of carbonyl (C=O) groups is 1. The molecule has 1 aromatic heterocycles. The minimum Gasteiger partial charge on any atom is -0.477 e. The van der Waals surface area contributed by atoms with Crippen LogP contribution >= 0.6 is 23.2 Å². The lowest BCUT2D eigenvalue weighted by atomic mass is 10.1. The van der Waals surface area contributed by atoms with Crippen LogP contribution in [0, 0.1) is 5.82 Å². The van der Waals surface area contributed by atoms with E-state index >= 15 is 0 Å². The molecule has 0 N–H and O–H groups in total. The second-order valence-corrected chi connectivity index (χ2v) is 6.74. The van der Waals surface area contributed by atoms with Crippen LogP contribution in [0.15, 0.2) is 16.9 Å². The Kier molecular flexibility index (Phi) is 5.29. The maximum Gasteiger partial charge on any atom is 0.346 e. The molecule has 1 unspecified atom stereocenters. The molecule has 0 radical (unpaired) electrons. The molecule has 26 heavy (non-hydrogen) atoms. The predicted molar refractivity (Wildman–Crippen MR) is 95.4 cm³/mol. The van der Waals surface area contributed by atoms with Gasteiger partial charge in [-0.25, -0.2) is 13.9 Å². The molecule has 140 valence electrons.